The van der Waals surface area contributed by atoms with E-state index in [4.69, 9.17) is 23.2 Å². The van der Waals surface area contributed by atoms with E-state index < -0.39 is 43.8 Å². The lowest BCUT2D eigenvalue weighted by Gasteiger charge is -2.07. The smallest absolute Gasteiger partial charge is 0.336 e. The molecule has 0 unspecified atom stereocenters. The summed E-state index contributed by atoms with van der Waals surface area (Å²) in [5.74, 6) is -1.09. The zero-order valence-electron chi connectivity index (χ0n) is 9.13. The number of rotatable bonds is 3. The standard InChI is InChI=1S/C9H3Cl2F4N3O2/c10-8(12,13)3-1-4-6(5(2-3)18(19)20)17-7(16-4)9(11,14)15/h1-2H,(H,16,17). The second-order valence-electron chi connectivity index (χ2n) is 3.73. The maximum Gasteiger partial charge on any atom is 0.379 e. The first kappa shape index (κ1) is 14.8. The predicted molar refractivity (Wildman–Crippen MR) is 62.2 cm³/mol. The number of nitro benzene ring substituents is 1. The lowest BCUT2D eigenvalue weighted by atomic mass is 10.1. The lowest BCUT2D eigenvalue weighted by molar-refractivity contribution is -0.383. The van der Waals surface area contributed by atoms with E-state index in [2.05, 4.69) is 4.98 Å². The molecule has 1 aromatic carbocycles. The summed E-state index contributed by atoms with van der Waals surface area (Å²) in [5, 5.41) is 2.98. The Hall–Kier alpha value is -1.61. The second kappa shape index (κ2) is 4.45. The van der Waals surface area contributed by atoms with Gasteiger partial charge in [-0.2, -0.15) is 17.6 Å². The minimum absolute atomic E-state index is 0.398. The number of non-ortho nitro benzene ring substituents is 1. The fourth-order valence-corrected chi connectivity index (χ4v) is 1.73. The molecule has 0 saturated carbocycles. The van der Waals surface area contributed by atoms with Crippen LogP contribution in [0.1, 0.15) is 11.4 Å². The van der Waals surface area contributed by atoms with Gasteiger partial charge in [0.15, 0.2) is 11.3 Å². The highest BCUT2D eigenvalue weighted by Crippen LogP contribution is 2.39. The molecule has 2 aromatic rings. The topological polar surface area (TPSA) is 71.8 Å². The Balaban J connectivity index is 2.78. The fraction of sp³-hybridized carbons (Fsp3) is 0.222. The number of nitro groups is 1. The summed E-state index contributed by atoms with van der Waals surface area (Å²) < 4.78 is 51.8. The first-order chi connectivity index (χ1) is 9.00. The molecule has 108 valence electrons. The Labute approximate surface area is 117 Å². The van der Waals surface area contributed by atoms with Gasteiger partial charge in [-0.15, -0.1) is 0 Å². The zero-order chi connectivity index (χ0) is 15.3. The number of nitrogens with zero attached hydrogens (tertiary/aromatic N) is 2. The quantitative estimate of drug-likeness (QED) is 0.399. The molecular weight excluding hydrogens is 329 g/mol. The summed E-state index contributed by atoms with van der Waals surface area (Å²) in [5.41, 5.74) is -2.73. The van der Waals surface area contributed by atoms with Crippen LogP contribution in [0.15, 0.2) is 12.1 Å². The Morgan fingerprint density at radius 3 is 2.25 bits per heavy atom. The number of hydrogen-bond acceptors (Lipinski definition) is 3. The minimum atomic E-state index is -3.92. The van der Waals surface area contributed by atoms with Crippen molar-refractivity contribution < 1.29 is 22.5 Å². The van der Waals surface area contributed by atoms with Gasteiger partial charge in [-0.25, -0.2) is 4.98 Å². The second-order valence-corrected chi connectivity index (χ2v) is 4.68. The van der Waals surface area contributed by atoms with Crippen LogP contribution >= 0.6 is 23.2 Å². The largest absolute Gasteiger partial charge is 0.379 e. The normalized spacial score (nSPS) is 12.9. The average Bonchev–Trinajstić information content (AvgIpc) is 2.68. The maximum absolute atomic E-state index is 13.0. The van der Waals surface area contributed by atoms with Gasteiger partial charge in [-0.3, -0.25) is 10.1 Å². The number of alkyl halides is 6. The van der Waals surface area contributed by atoms with Gasteiger partial charge in [-0.1, -0.05) is 0 Å². The van der Waals surface area contributed by atoms with Crippen molar-refractivity contribution in [2.45, 2.75) is 10.8 Å². The van der Waals surface area contributed by atoms with Crippen LogP contribution in [0, 0.1) is 10.1 Å². The molecule has 0 spiro atoms. The van der Waals surface area contributed by atoms with E-state index >= 15 is 0 Å². The number of fused-ring (bicyclic) bond motifs is 1. The van der Waals surface area contributed by atoms with Crippen LogP contribution in [0.25, 0.3) is 11.0 Å². The number of H-pyrrole nitrogens is 1. The van der Waals surface area contributed by atoms with Gasteiger partial charge in [-0.05, 0) is 29.3 Å². The van der Waals surface area contributed by atoms with Crippen molar-refractivity contribution in [1.29, 1.82) is 0 Å². The summed E-state index contributed by atoms with van der Waals surface area (Å²) in [6.07, 6.45) is 0. The molecule has 11 heteroatoms. The molecule has 0 aliphatic heterocycles. The molecule has 0 aliphatic rings. The van der Waals surface area contributed by atoms with Gasteiger partial charge in [0.1, 0.15) is 0 Å². The van der Waals surface area contributed by atoms with E-state index in [0.717, 1.165) is 0 Å². The third-order valence-corrected chi connectivity index (χ3v) is 2.76. The Morgan fingerprint density at radius 1 is 1.20 bits per heavy atom. The van der Waals surface area contributed by atoms with Crippen molar-refractivity contribution in [3.8, 4) is 0 Å². The van der Waals surface area contributed by atoms with E-state index in [1.807, 2.05) is 4.98 Å². The minimum Gasteiger partial charge on any atom is -0.336 e. The van der Waals surface area contributed by atoms with Crippen molar-refractivity contribution >= 4 is 39.9 Å². The molecule has 0 bridgehead atoms. The monoisotopic (exact) mass is 331 g/mol. The Kier molecular flexibility index (Phi) is 3.29. The molecular formula is C9H3Cl2F4N3O2. The van der Waals surface area contributed by atoms with Crippen molar-refractivity contribution in [2.75, 3.05) is 0 Å². The van der Waals surface area contributed by atoms with Crippen LogP contribution in [0.3, 0.4) is 0 Å². The van der Waals surface area contributed by atoms with Gasteiger partial charge in [0.05, 0.1) is 10.4 Å². The van der Waals surface area contributed by atoms with Crippen molar-refractivity contribution in [2.24, 2.45) is 0 Å². The van der Waals surface area contributed by atoms with Crippen LogP contribution in [-0.2, 0) is 10.8 Å². The zero-order valence-corrected chi connectivity index (χ0v) is 10.6. The van der Waals surface area contributed by atoms with E-state index in [9.17, 15) is 27.7 Å². The van der Waals surface area contributed by atoms with Gasteiger partial charge in [0.2, 0.25) is 0 Å². The van der Waals surface area contributed by atoms with E-state index in [1.54, 1.807) is 0 Å². The molecule has 0 amide bonds. The molecule has 0 radical (unpaired) electrons. The Morgan fingerprint density at radius 2 is 1.80 bits per heavy atom. The molecule has 0 atom stereocenters. The third-order valence-electron chi connectivity index (χ3n) is 2.36. The number of aromatic nitrogens is 2. The summed E-state index contributed by atoms with van der Waals surface area (Å²) in [6, 6.07) is 1.15. The third kappa shape index (κ3) is 2.63. The van der Waals surface area contributed by atoms with Gasteiger partial charge in [0, 0.05) is 11.6 Å². The molecule has 1 aromatic heterocycles. The molecule has 1 N–H and O–H groups in total. The number of nitrogens with one attached hydrogen (secondary N) is 1. The van der Waals surface area contributed by atoms with Crippen molar-refractivity contribution in [3.63, 3.8) is 0 Å². The summed E-state index contributed by atoms with van der Waals surface area (Å²) in [6.45, 7) is 0. The van der Waals surface area contributed by atoms with Crippen molar-refractivity contribution in [1.82, 2.24) is 9.97 Å². The maximum atomic E-state index is 13.0. The van der Waals surface area contributed by atoms with Gasteiger partial charge >= 0.3 is 10.8 Å². The van der Waals surface area contributed by atoms with Crippen LogP contribution < -0.4 is 0 Å². The van der Waals surface area contributed by atoms with Gasteiger partial charge < -0.3 is 4.98 Å². The highest BCUT2D eigenvalue weighted by atomic mass is 35.5. The predicted octanol–water partition coefficient (Wildman–Crippen LogP) is 4.05. The highest BCUT2D eigenvalue weighted by molar-refractivity contribution is 6.22. The first-order valence-corrected chi connectivity index (χ1v) is 5.58. The first-order valence-electron chi connectivity index (χ1n) is 4.82. The SMILES string of the molecule is O=[N+]([O-])c1cc(C(F)(F)Cl)cc2[nH]c(C(F)(F)Cl)nc12. The van der Waals surface area contributed by atoms with E-state index in [0.29, 0.717) is 12.1 Å². The van der Waals surface area contributed by atoms with Crippen molar-refractivity contribution in [3.05, 3.63) is 33.6 Å². The summed E-state index contributed by atoms with van der Waals surface area (Å²) >= 11 is 9.49. The van der Waals surface area contributed by atoms with Gasteiger partial charge in [0.25, 0.3) is 5.69 Å². The summed E-state index contributed by atoms with van der Waals surface area (Å²) in [7, 11) is 0. The van der Waals surface area contributed by atoms with E-state index in [1.165, 1.54) is 0 Å². The number of hydrogen-bond donors (Lipinski definition) is 1. The molecule has 0 saturated heterocycles. The van der Waals surface area contributed by atoms with Crippen LogP contribution in [0.5, 0.6) is 0 Å². The average molecular weight is 332 g/mol. The molecule has 1 heterocycles. The molecule has 0 aliphatic carbocycles. The van der Waals surface area contributed by atoms with E-state index in [-0.39, 0.29) is 0 Å². The Bertz CT molecular complexity index is 693. The highest BCUT2D eigenvalue weighted by Gasteiger charge is 2.36. The fourth-order valence-electron chi connectivity index (χ4n) is 1.54. The lowest BCUT2D eigenvalue weighted by Crippen LogP contribution is -2.05. The molecule has 5 nitrogen and oxygen atoms in total. The van der Waals surface area contributed by atoms with Crippen LogP contribution in [-0.4, -0.2) is 14.9 Å². The summed E-state index contributed by atoms with van der Waals surface area (Å²) in [4.78, 5) is 15.0. The number of benzene rings is 1. The molecule has 2 rings (SSSR count). The molecule has 20 heavy (non-hydrogen) atoms. The number of aromatic amines is 1. The number of halogens is 6. The molecule has 0 fully saturated rings. The number of imidazole rings is 1. The van der Waals surface area contributed by atoms with Crippen LogP contribution in [0.4, 0.5) is 23.2 Å². The van der Waals surface area contributed by atoms with Crippen LogP contribution in [0.2, 0.25) is 0 Å².